The molecule has 0 aromatic carbocycles. The van der Waals surface area contributed by atoms with Crippen molar-refractivity contribution in [2.24, 2.45) is 4.99 Å². The van der Waals surface area contributed by atoms with E-state index in [-0.39, 0.29) is 24.0 Å². The zero-order valence-corrected chi connectivity index (χ0v) is 17.7. The van der Waals surface area contributed by atoms with Crippen LogP contribution in [0.5, 0.6) is 0 Å². The highest BCUT2D eigenvalue weighted by Crippen LogP contribution is 2.15. The quantitative estimate of drug-likeness (QED) is 0.411. The number of guanidine groups is 1. The van der Waals surface area contributed by atoms with Gasteiger partial charge in [0, 0.05) is 25.0 Å². The lowest BCUT2D eigenvalue weighted by molar-refractivity contribution is 0.289. The number of thiazole rings is 1. The SMILES string of the molecule is CN=C(NCCN1CCCCCC1)NCc1nc(C)c(C)s1.I. The first-order chi connectivity index (χ1) is 10.7. The highest BCUT2D eigenvalue weighted by atomic mass is 127. The average molecular weight is 451 g/mol. The molecule has 0 amide bonds. The van der Waals surface area contributed by atoms with Gasteiger partial charge < -0.3 is 15.5 Å². The fraction of sp³-hybridized carbons (Fsp3) is 0.750. The van der Waals surface area contributed by atoms with Crippen molar-refractivity contribution in [1.82, 2.24) is 20.5 Å². The summed E-state index contributed by atoms with van der Waals surface area (Å²) in [6.45, 7) is 9.43. The number of aliphatic imine (C=N–C) groups is 1. The van der Waals surface area contributed by atoms with Crippen molar-refractivity contribution >= 4 is 41.3 Å². The van der Waals surface area contributed by atoms with Gasteiger partial charge in [-0.2, -0.15) is 0 Å². The number of nitrogens with zero attached hydrogens (tertiary/aromatic N) is 3. The topological polar surface area (TPSA) is 52.6 Å². The van der Waals surface area contributed by atoms with Crippen LogP contribution in [-0.4, -0.2) is 49.1 Å². The van der Waals surface area contributed by atoms with Crippen molar-refractivity contribution in [3.05, 3.63) is 15.6 Å². The molecule has 1 aromatic rings. The van der Waals surface area contributed by atoms with Crippen LogP contribution in [0.15, 0.2) is 4.99 Å². The Morgan fingerprint density at radius 1 is 1.17 bits per heavy atom. The second-order valence-electron chi connectivity index (χ2n) is 5.86. The first-order valence-electron chi connectivity index (χ1n) is 8.29. The highest BCUT2D eigenvalue weighted by molar-refractivity contribution is 14.0. The van der Waals surface area contributed by atoms with Crippen molar-refractivity contribution < 1.29 is 0 Å². The van der Waals surface area contributed by atoms with Crippen LogP contribution in [0, 0.1) is 13.8 Å². The summed E-state index contributed by atoms with van der Waals surface area (Å²) in [5, 5.41) is 7.86. The number of aryl methyl sites for hydroxylation is 2. The second kappa shape index (κ2) is 11.2. The van der Waals surface area contributed by atoms with Gasteiger partial charge in [-0.15, -0.1) is 35.3 Å². The molecule has 2 rings (SSSR count). The molecule has 7 heteroatoms. The third-order valence-corrected chi connectivity index (χ3v) is 5.20. The van der Waals surface area contributed by atoms with E-state index in [2.05, 4.69) is 39.4 Å². The Bertz CT molecular complexity index is 461. The van der Waals surface area contributed by atoms with E-state index in [1.807, 2.05) is 7.05 Å². The van der Waals surface area contributed by atoms with Crippen LogP contribution in [0.3, 0.4) is 0 Å². The summed E-state index contributed by atoms with van der Waals surface area (Å²) < 4.78 is 0. The molecule has 1 aliphatic heterocycles. The summed E-state index contributed by atoms with van der Waals surface area (Å²) in [6.07, 6.45) is 5.46. The Hall–Kier alpha value is -0.410. The summed E-state index contributed by atoms with van der Waals surface area (Å²) in [6, 6.07) is 0. The molecule has 0 unspecified atom stereocenters. The lowest BCUT2D eigenvalue weighted by Gasteiger charge is -2.20. The minimum Gasteiger partial charge on any atom is -0.355 e. The second-order valence-corrected chi connectivity index (χ2v) is 7.15. The maximum atomic E-state index is 4.55. The molecule has 0 spiro atoms. The summed E-state index contributed by atoms with van der Waals surface area (Å²) in [5.41, 5.74) is 1.13. The van der Waals surface area contributed by atoms with E-state index >= 15 is 0 Å². The van der Waals surface area contributed by atoms with Gasteiger partial charge in [-0.3, -0.25) is 4.99 Å². The number of nitrogens with one attached hydrogen (secondary N) is 2. The molecule has 2 heterocycles. The van der Waals surface area contributed by atoms with Gasteiger partial charge in [0.05, 0.1) is 12.2 Å². The molecule has 0 saturated carbocycles. The average Bonchev–Trinajstić information content (AvgIpc) is 2.71. The fourth-order valence-electron chi connectivity index (χ4n) is 2.69. The third-order valence-electron chi connectivity index (χ3n) is 4.12. The number of aromatic nitrogens is 1. The lowest BCUT2D eigenvalue weighted by atomic mass is 10.2. The molecule has 1 aromatic heterocycles. The zero-order chi connectivity index (χ0) is 15.8. The van der Waals surface area contributed by atoms with E-state index in [1.54, 1.807) is 11.3 Å². The summed E-state index contributed by atoms with van der Waals surface area (Å²) in [4.78, 5) is 12.7. The van der Waals surface area contributed by atoms with Gasteiger partial charge in [-0.1, -0.05) is 12.8 Å². The number of likely N-dealkylation sites (tertiary alicyclic amines) is 1. The minimum absolute atomic E-state index is 0. The van der Waals surface area contributed by atoms with E-state index in [0.29, 0.717) is 0 Å². The monoisotopic (exact) mass is 451 g/mol. The maximum absolute atomic E-state index is 4.55. The Balaban J connectivity index is 0.00000264. The first kappa shape index (κ1) is 20.6. The van der Waals surface area contributed by atoms with Gasteiger partial charge in [-0.05, 0) is 39.8 Å². The summed E-state index contributed by atoms with van der Waals surface area (Å²) in [7, 11) is 1.82. The predicted octanol–water partition coefficient (Wildman–Crippen LogP) is 2.92. The van der Waals surface area contributed by atoms with Crippen LogP contribution in [0.2, 0.25) is 0 Å². The number of rotatable bonds is 5. The van der Waals surface area contributed by atoms with Crippen molar-refractivity contribution in [2.75, 3.05) is 33.2 Å². The molecule has 0 atom stereocenters. The molecule has 0 bridgehead atoms. The molecule has 2 N–H and O–H groups in total. The molecular formula is C16H30IN5S. The standard InChI is InChI=1S/C16H29N5S.HI/c1-13-14(2)22-15(20-13)12-19-16(17-3)18-8-11-21-9-6-4-5-7-10-21;/h4-12H2,1-3H3,(H2,17,18,19);1H. The van der Waals surface area contributed by atoms with Gasteiger partial charge >= 0.3 is 0 Å². The molecule has 5 nitrogen and oxygen atoms in total. The van der Waals surface area contributed by atoms with E-state index in [9.17, 15) is 0 Å². The third kappa shape index (κ3) is 7.34. The Morgan fingerprint density at radius 2 is 1.87 bits per heavy atom. The van der Waals surface area contributed by atoms with E-state index in [4.69, 9.17) is 0 Å². The molecular weight excluding hydrogens is 421 g/mol. The van der Waals surface area contributed by atoms with Crippen molar-refractivity contribution in [2.45, 2.75) is 46.1 Å². The van der Waals surface area contributed by atoms with Gasteiger partial charge in [0.2, 0.25) is 0 Å². The Morgan fingerprint density at radius 3 is 2.43 bits per heavy atom. The van der Waals surface area contributed by atoms with Crippen LogP contribution >= 0.6 is 35.3 Å². The van der Waals surface area contributed by atoms with Crippen LogP contribution in [0.4, 0.5) is 0 Å². The summed E-state index contributed by atoms with van der Waals surface area (Å²) in [5.74, 6) is 0.861. The lowest BCUT2D eigenvalue weighted by Crippen LogP contribution is -2.41. The molecule has 23 heavy (non-hydrogen) atoms. The van der Waals surface area contributed by atoms with Crippen LogP contribution in [0.1, 0.15) is 41.3 Å². The predicted molar refractivity (Wildman–Crippen MR) is 110 cm³/mol. The van der Waals surface area contributed by atoms with E-state index in [1.165, 1.54) is 43.6 Å². The molecule has 132 valence electrons. The zero-order valence-electron chi connectivity index (χ0n) is 14.5. The van der Waals surface area contributed by atoms with Gasteiger partial charge in [0.1, 0.15) is 5.01 Å². The molecule has 0 radical (unpaired) electrons. The maximum Gasteiger partial charge on any atom is 0.191 e. The van der Waals surface area contributed by atoms with Crippen LogP contribution < -0.4 is 10.6 Å². The summed E-state index contributed by atoms with van der Waals surface area (Å²) >= 11 is 1.75. The molecule has 1 aliphatic rings. The van der Waals surface area contributed by atoms with Crippen LogP contribution in [0.25, 0.3) is 0 Å². The van der Waals surface area contributed by atoms with Gasteiger partial charge in [0.15, 0.2) is 5.96 Å². The highest BCUT2D eigenvalue weighted by Gasteiger charge is 2.09. The van der Waals surface area contributed by atoms with Gasteiger partial charge in [-0.25, -0.2) is 4.98 Å². The van der Waals surface area contributed by atoms with E-state index < -0.39 is 0 Å². The molecule has 1 fully saturated rings. The minimum atomic E-state index is 0. The number of halogens is 1. The molecule has 1 saturated heterocycles. The fourth-order valence-corrected chi connectivity index (χ4v) is 3.56. The normalized spacial score (nSPS) is 16.6. The Labute approximate surface area is 161 Å². The number of hydrogen-bond acceptors (Lipinski definition) is 4. The first-order valence-corrected chi connectivity index (χ1v) is 9.10. The number of hydrogen-bond donors (Lipinski definition) is 2. The van der Waals surface area contributed by atoms with Crippen LogP contribution in [-0.2, 0) is 6.54 Å². The largest absolute Gasteiger partial charge is 0.355 e. The van der Waals surface area contributed by atoms with E-state index in [0.717, 1.165) is 36.3 Å². The Kier molecular flexibility index (Phi) is 10.0. The molecule has 0 aliphatic carbocycles. The smallest absolute Gasteiger partial charge is 0.191 e. The van der Waals surface area contributed by atoms with Crippen molar-refractivity contribution in [1.29, 1.82) is 0 Å². The van der Waals surface area contributed by atoms with Crippen molar-refractivity contribution in [3.8, 4) is 0 Å². The van der Waals surface area contributed by atoms with Gasteiger partial charge in [0.25, 0.3) is 0 Å². The van der Waals surface area contributed by atoms with Crippen molar-refractivity contribution in [3.63, 3.8) is 0 Å².